The molecule has 0 aliphatic rings. The zero-order valence-electron chi connectivity index (χ0n) is 32.8. The highest BCUT2D eigenvalue weighted by molar-refractivity contribution is 6.14. The van der Waals surface area contributed by atoms with Gasteiger partial charge in [0.1, 0.15) is 0 Å². The van der Waals surface area contributed by atoms with E-state index < -0.39 is 0 Å². The highest BCUT2D eigenvalue weighted by Gasteiger charge is 2.17. The fourth-order valence-electron chi connectivity index (χ4n) is 9.23. The van der Waals surface area contributed by atoms with E-state index in [0.717, 1.165) is 17.1 Å². The molecule has 0 saturated carbocycles. The van der Waals surface area contributed by atoms with Gasteiger partial charge in [-0.25, -0.2) is 0 Å². The third-order valence-electron chi connectivity index (χ3n) is 12.1. The molecule has 0 unspecified atom stereocenters. The van der Waals surface area contributed by atoms with Gasteiger partial charge in [-0.15, -0.1) is 0 Å². The van der Waals surface area contributed by atoms with Crippen LogP contribution in [0.15, 0.2) is 207 Å². The summed E-state index contributed by atoms with van der Waals surface area (Å²) in [5.41, 5.74) is 15.4. The first-order valence-electron chi connectivity index (χ1n) is 20.3. The van der Waals surface area contributed by atoms with Gasteiger partial charge < -0.3 is 9.13 Å². The van der Waals surface area contributed by atoms with Gasteiger partial charge in [-0.3, -0.25) is 0 Å². The van der Waals surface area contributed by atoms with Gasteiger partial charge in [0, 0.05) is 33.1 Å². The third-order valence-corrected chi connectivity index (χ3v) is 12.1. The van der Waals surface area contributed by atoms with Crippen LogP contribution in [0.1, 0.15) is 23.7 Å². The number of nitrogens with zero attached hydrogens (tertiary/aromatic N) is 2. The minimum absolute atomic E-state index is 1.09. The molecule has 0 bridgehead atoms. The van der Waals surface area contributed by atoms with Crippen LogP contribution in [-0.4, -0.2) is 9.13 Å². The predicted octanol–water partition coefficient (Wildman–Crippen LogP) is 15.6. The van der Waals surface area contributed by atoms with Gasteiger partial charge in [0.2, 0.25) is 0 Å². The first kappa shape index (κ1) is 34.6. The van der Waals surface area contributed by atoms with E-state index in [1.165, 1.54) is 93.2 Å². The summed E-state index contributed by atoms with van der Waals surface area (Å²) in [6.45, 7) is 6.44. The van der Waals surface area contributed by atoms with Crippen molar-refractivity contribution in [3.63, 3.8) is 0 Å². The van der Waals surface area contributed by atoms with E-state index in [-0.39, 0.29) is 0 Å². The van der Waals surface area contributed by atoms with E-state index >= 15 is 0 Å². The van der Waals surface area contributed by atoms with E-state index in [0.29, 0.717) is 0 Å². The summed E-state index contributed by atoms with van der Waals surface area (Å²) in [7, 11) is 0. The maximum absolute atomic E-state index is 4.24. The summed E-state index contributed by atoms with van der Waals surface area (Å²) in [6, 6.07) is 72.7. The smallest absolute Gasteiger partial charge is 0.0541 e. The third kappa shape index (κ3) is 5.72. The van der Waals surface area contributed by atoms with Crippen molar-refractivity contribution in [1.29, 1.82) is 0 Å². The van der Waals surface area contributed by atoms with Gasteiger partial charge >= 0.3 is 0 Å². The second-order valence-corrected chi connectivity index (χ2v) is 15.4. The molecule has 0 saturated heterocycles. The van der Waals surface area contributed by atoms with Crippen LogP contribution in [-0.2, 0) is 0 Å². The average molecular weight is 753 g/mol. The van der Waals surface area contributed by atoms with Gasteiger partial charge in [-0.1, -0.05) is 152 Å². The van der Waals surface area contributed by atoms with Crippen LogP contribution in [0.2, 0.25) is 0 Å². The summed E-state index contributed by atoms with van der Waals surface area (Å²) in [5.74, 6) is 0. The maximum Gasteiger partial charge on any atom is 0.0541 e. The Balaban J connectivity index is 0.943. The molecule has 2 aromatic heterocycles. The normalized spacial score (nSPS) is 12.0. The Labute approximate surface area is 343 Å². The molecule has 11 rings (SSSR count). The first-order valence-corrected chi connectivity index (χ1v) is 20.3. The van der Waals surface area contributed by atoms with E-state index in [4.69, 9.17) is 0 Å². The molecule has 9 aromatic carbocycles. The van der Waals surface area contributed by atoms with Gasteiger partial charge in [0.05, 0.1) is 22.2 Å². The number of allylic oxidation sites excluding steroid dienone is 1. The molecule has 2 heteroatoms. The number of benzene rings is 9. The fourth-order valence-corrected chi connectivity index (χ4v) is 9.23. The largest absolute Gasteiger partial charge is 0.309 e. The monoisotopic (exact) mass is 752 g/mol. The fraction of sp³-hybridized carbons (Fsp3) is 0.0175. The highest BCUT2D eigenvalue weighted by atomic mass is 15.0. The summed E-state index contributed by atoms with van der Waals surface area (Å²) >= 11 is 0. The molecular weight excluding hydrogens is 713 g/mol. The van der Waals surface area contributed by atoms with Crippen molar-refractivity contribution in [2.24, 2.45) is 0 Å². The lowest BCUT2D eigenvalue weighted by Crippen LogP contribution is -1.96. The molecule has 59 heavy (non-hydrogen) atoms. The van der Waals surface area contributed by atoms with Crippen molar-refractivity contribution >= 4 is 72.0 Å². The van der Waals surface area contributed by atoms with Crippen LogP contribution in [0.4, 0.5) is 0 Å². The van der Waals surface area contributed by atoms with Crippen molar-refractivity contribution in [1.82, 2.24) is 9.13 Å². The van der Waals surface area contributed by atoms with Crippen LogP contribution in [0, 0.1) is 0 Å². The van der Waals surface area contributed by atoms with Gasteiger partial charge in [-0.05, 0) is 129 Å². The zero-order chi connectivity index (χ0) is 39.5. The summed E-state index contributed by atoms with van der Waals surface area (Å²) in [6.07, 6.45) is 4.29. The van der Waals surface area contributed by atoms with Crippen molar-refractivity contribution < 1.29 is 0 Å². The van der Waals surface area contributed by atoms with Gasteiger partial charge in [0.25, 0.3) is 0 Å². The maximum atomic E-state index is 4.24. The zero-order valence-corrected chi connectivity index (χ0v) is 32.8. The lowest BCUT2D eigenvalue weighted by atomic mass is 9.93. The molecule has 0 atom stereocenters. The van der Waals surface area contributed by atoms with Crippen molar-refractivity contribution in [2.45, 2.75) is 6.92 Å². The Morgan fingerprint density at radius 3 is 1.73 bits per heavy atom. The molecule has 0 amide bonds. The first-order chi connectivity index (χ1) is 29.1. The molecule has 2 nitrogen and oxygen atoms in total. The SMILES string of the molecule is C=Cc1c(/C=C(\C)c2ccc(-c3ccc4c(c3)c3ccccc3n4-c3ccc(-c4cc5ccccc5c5ccccc45)cc3)cc2)c2ccccc2n1-c1ccccc1. The number of para-hydroxylation sites is 3. The second-order valence-electron chi connectivity index (χ2n) is 15.4. The van der Waals surface area contributed by atoms with E-state index in [1.807, 2.05) is 6.08 Å². The van der Waals surface area contributed by atoms with Crippen LogP contribution in [0.25, 0.3) is 106 Å². The molecule has 0 aliphatic heterocycles. The van der Waals surface area contributed by atoms with Crippen molar-refractivity contribution in [2.75, 3.05) is 0 Å². The molecule has 278 valence electrons. The molecular formula is C57H40N2. The van der Waals surface area contributed by atoms with Crippen LogP contribution in [0.3, 0.4) is 0 Å². The lowest BCUT2D eigenvalue weighted by Gasteiger charge is -2.13. The van der Waals surface area contributed by atoms with E-state index in [9.17, 15) is 0 Å². The predicted molar refractivity (Wildman–Crippen MR) is 254 cm³/mol. The van der Waals surface area contributed by atoms with Crippen LogP contribution in [0.5, 0.6) is 0 Å². The number of hydrogen-bond acceptors (Lipinski definition) is 0. The second kappa shape index (κ2) is 14.1. The Kier molecular flexibility index (Phi) is 8.23. The van der Waals surface area contributed by atoms with Gasteiger partial charge in [0.15, 0.2) is 0 Å². The van der Waals surface area contributed by atoms with E-state index in [2.05, 4.69) is 229 Å². The van der Waals surface area contributed by atoms with E-state index in [1.54, 1.807) is 0 Å². The molecule has 0 radical (unpaired) electrons. The molecule has 11 aromatic rings. The molecule has 0 aliphatic carbocycles. The van der Waals surface area contributed by atoms with Crippen LogP contribution < -0.4 is 0 Å². The topological polar surface area (TPSA) is 9.86 Å². The number of rotatable bonds is 7. The minimum atomic E-state index is 1.09. The standard InChI is InChI=1S/C57H40N2/c1-3-54-52(49-21-11-13-23-55(49)58(54)44-16-5-4-6-17-44)35-38(2)39-25-27-40(28-26-39)42-31-34-57-53(36-42)50-22-12-14-24-56(50)59(57)45-32-29-41(30-33-45)51-37-43-15-7-8-18-46(43)47-19-9-10-20-48(47)51/h3-37H,1H2,2H3/b38-35+. The molecule has 2 heterocycles. The quantitative estimate of drug-likeness (QED) is 0.144. The summed E-state index contributed by atoms with van der Waals surface area (Å²) in [5, 5.41) is 8.82. The Hall–Kier alpha value is -7.68. The molecule has 0 N–H and O–H groups in total. The Bertz CT molecular complexity index is 3430. The number of aromatic nitrogens is 2. The summed E-state index contributed by atoms with van der Waals surface area (Å²) in [4.78, 5) is 0. The highest BCUT2D eigenvalue weighted by Crippen LogP contribution is 2.39. The van der Waals surface area contributed by atoms with Gasteiger partial charge in [-0.2, -0.15) is 0 Å². The molecule has 0 fully saturated rings. The van der Waals surface area contributed by atoms with Crippen LogP contribution >= 0.6 is 0 Å². The van der Waals surface area contributed by atoms with Crippen molar-refractivity contribution in [3.05, 3.63) is 224 Å². The average Bonchev–Trinajstić information content (AvgIpc) is 3.81. The minimum Gasteiger partial charge on any atom is -0.309 e. The lowest BCUT2D eigenvalue weighted by molar-refractivity contribution is 1.11. The van der Waals surface area contributed by atoms with Crippen molar-refractivity contribution in [3.8, 4) is 33.6 Å². The number of hydrogen-bond donors (Lipinski definition) is 0. The molecule has 0 spiro atoms. The Morgan fingerprint density at radius 2 is 0.983 bits per heavy atom. The summed E-state index contributed by atoms with van der Waals surface area (Å²) < 4.78 is 4.71. The Morgan fingerprint density at radius 1 is 0.424 bits per heavy atom. The number of fused-ring (bicyclic) bond motifs is 7.